The second kappa shape index (κ2) is 7.62. The van der Waals surface area contributed by atoms with Gasteiger partial charge in [0.25, 0.3) is 0 Å². The lowest BCUT2D eigenvalue weighted by atomic mass is 10.1. The van der Waals surface area contributed by atoms with E-state index in [4.69, 9.17) is 0 Å². The summed E-state index contributed by atoms with van der Waals surface area (Å²) in [5.41, 5.74) is 4.25. The summed E-state index contributed by atoms with van der Waals surface area (Å²) in [4.78, 5) is 11.6. The standard InChI is InChI=1S/C16H24N2O/c1-13(2)12-16(19)10-11-17-18(14(3)4)15-8-6-5-7-9-15/h5-11,13-14,17H,12H2,1-4H3/b11-10+. The second-order valence-corrected chi connectivity index (χ2v) is 5.33. The van der Waals surface area contributed by atoms with Gasteiger partial charge in [0.1, 0.15) is 0 Å². The molecule has 0 spiro atoms. The summed E-state index contributed by atoms with van der Waals surface area (Å²) in [7, 11) is 0. The number of anilines is 1. The number of nitrogens with one attached hydrogen (secondary N) is 1. The van der Waals surface area contributed by atoms with Crippen LogP contribution < -0.4 is 10.4 Å². The summed E-state index contributed by atoms with van der Waals surface area (Å²) in [5, 5.41) is 2.03. The first-order valence-corrected chi connectivity index (χ1v) is 6.80. The highest BCUT2D eigenvalue weighted by molar-refractivity contribution is 5.89. The van der Waals surface area contributed by atoms with Crippen molar-refractivity contribution in [3.63, 3.8) is 0 Å². The van der Waals surface area contributed by atoms with Crippen molar-refractivity contribution in [3.8, 4) is 0 Å². The summed E-state index contributed by atoms with van der Waals surface area (Å²) in [6.07, 6.45) is 3.92. The first kappa shape index (κ1) is 15.3. The molecule has 0 bridgehead atoms. The molecule has 0 aromatic heterocycles. The first-order chi connectivity index (χ1) is 9.00. The Balaban J connectivity index is 2.61. The van der Waals surface area contributed by atoms with Crippen LogP contribution in [0.5, 0.6) is 0 Å². The van der Waals surface area contributed by atoms with Crippen LogP contribution in [0.25, 0.3) is 0 Å². The Bertz CT molecular complexity index is 410. The molecule has 0 amide bonds. The van der Waals surface area contributed by atoms with E-state index in [1.54, 1.807) is 12.3 Å². The van der Waals surface area contributed by atoms with E-state index in [-0.39, 0.29) is 5.78 Å². The number of allylic oxidation sites excluding steroid dienone is 1. The third-order valence-corrected chi connectivity index (χ3v) is 2.64. The number of carbonyl (C=O) groups excluding carboxylic acids is 1. The molecule has 0 unspecified atom stereocenters. The van der Waals surface area contributed by atoms with Gasteiger partial charge in [-0.2, -0.15) is 0 Å². The number of ketones is 1. The van der Waals surface area contributed by atoms with Gasteiger partial charge >= 0.3 is 0 Å². The van der Waals surface area contributed by atoms with Gasteiger partial charge in [-0.15, -0.1) is 0 Å². The fourth-order valence-corrected chi connectivity index (χ4v) is 1.79. The summed E-state index contributed by atoms with van der Waals surface area (Å²) in [6.45, 7) is 8.29. The fourth-order valence-electron chi connectivity index (χ4n) is 1.79. The average molecular weight is 260 g/mol. The zero-order valence-corrected chi connectivity index (χ0v) is 12.3. The first-order valence-electron chi connectivity index (χ1n) is 6.80. The van der Waals surface area contributed by atoms with Crippen molar-refractivity contribution in [3.05, 3.63) is 42.6 Å². The molecule has 0 fully saturated rings. The van der Waals surface area contributed by atoms with Crippen LogP contribution in [0.1, 0.15) is 34.1 Å². The van der Waals surface area contributed by atoms with Crippen molar-refractivity contribution in [2.75, 3.05) is 5.01 Å². The van der Waals surface area contributed by atoms with Crippen LogP contribution in [0.2, 0.25) is 0 Å². The molecule has 0 heterocycles. The van der Waals surface area contributed by atoms with E-state index in [1.165, 1.54) is 0 Å². The van der Waals surface area contributed by atoms with Crippen molar-refractivity contribution < 1.29 is 4.79 Å². The zero-order chi connectivity index (χ0) is 14.3. The van der Waals surface area contributed by atoms with Gasteiger partial charge in [0.2, 0.25) is 0 Å². The largest absolute Gasteiger partial charge is 0.305 e. The number of para-hydroxylation sites is 1. The number of hydrogen-bond donors (Lipinski definition) is 1. The normalized spacial score (nSPS) is 11.3. The highest BCUT2D eigenvalue weighted by Crippen LogP contribution is 2.13. The summed E-state index contributed by atoms with van der Waals surface area (Å²) in [5.74, 6) is 0.548. The van der Waals surface area contributed by atoms with Gasteiger partial charge in [0.05, 0.1) is 5.69 Å². The number of benzene rings is 1. The van der Waals surface area contributed by atoms with Crippen molar-refractivity contribution in [1.29, 1.82) is 0 Å². The Hall–Kier alpha value is -1.77. The minimum absolute atomic E-state index is 0.152. The van der Waals surface area contributed by atoms with Crippen molar-refractivity contribution >= 4 is 11.5 Å². The predicted molar refractivity (Wildman–Crippen MR) is 80.8 cm³/mol. The predicted octanol–water partition coefficient (Wildman–Crippen LogP) is 3.53. The van der Waals surface area contributed by atoms with Gasteiger partial charge in [-0.3, -0.25) is 9.80 Å². The molecule has 1 N–H and O–H groups in total. The van der Waals surface area contributed by atoms with Gasteiger partial charge in [0, 0.05) is 18.7 Å². The second-order valence-electron chi connectivity index (χ2n) is 5.33. The molecule has 0 atom stereocenters. The molecule has 0 radical (unpaired) electrons. The SMILES string of the molecule is CC(C)CC(=O)/C=C/NN(c1ccccc1)C(C)C. The Morgan fingerprint density at radius 2 is 1.84 bits per heavy atom. The van der Waals surface area contributed by atoms with Crippen molar-refractivity contribution in [2.24, 2.45) is 5.92 Å². The summed E-state index contributed by atoms with van der Waals surface area (Å²) >= 11 is 0. The highest BCUT2D eigenvalue weighted by Gasteiger charge is 2.08. The molecular formula is C16H24N2O. The van der Waals surface area contributed by atoms with E-state index in [1.807, 2.05) is 49.2 Å². The molecule has 1 aromatic rings. The van der Waals surface area contributed by atoms with Crippen LogP contribution in [-0.2, 0) is 4.79 Å². The van der Waals surface area contributed by atoms with E-state index in [9.17, 15) is 4.79 Å². The molecule has 0 aliphatic rings. The van der Waals surface area contributed by atoms with Gasteiger partial charge in [-0.05, 0) is 38.0 Å². The Kier molecular flexibility index (Phi) is 6.13. The van der Waals surface area contributed by atoms with Crippen molar-refractivity contribution in [1.82, 2.24) is 5.43 Å². The molecule has 1 aromatic carbocycles. The molecule has 0 saturated heterocycles. The smallest absolute Gasteiger partial charge is 0.157 e. The molecule has 3 heteroatoms. The maximum atomic E-state index is 11.6. The molecule has 0 aliphatic carbocycles. The number of hydrazine groups is 1. The Morgan fingerprint density at radius 1 is 1.21 bits per heavy atom. The molecule has 0 aliphatic heterocycles. The molecule has 104 valence electrons. The van der Waals surface area contributed by atoms with Gasteiger partial charge in [0.15, 0.2) is 5.78 Å². The molecule has 3 nitrogen and oxygen atoms in total. The minimum Gasteiger partial charge on any atom is -0.305 e. The van der Waals surface area contributed by atoms with E-state index in [0.29, 0.717) is 18.4 Å². The van der Waals surface area contributed by atoms with Gasteiger partial charge in [-0.25, -0.2) is 0 Å². The lowest BCUT2D eigenvalue weighted by Crippen LogP contribution is -2.40. The van der Waals surface area contributed by atoms with Crippen LogP contribution in [0, 0.1) is 5.92 Å². The lowest BCUT2D eigenvalue weighted by Gasteiger charge is -2.28. The number of rotatable bonds is 7. The van der Waals surface area contributed by atoms with Gasteiger partial charge in [-0.1, -0.05) is 32.0 Å². The maximum Gasteiger partial charge on any atom is 0.157 e. The van der Waals surface area contributed by atoms with E-state index in [0.717, 1.165) is 5.69 Å². The Labute approximate surface area is 116 Å². The quantitative estimate of drug-likeness (QED) is 0.601. The van der Waals surface area contributed by atoms with E-state index < -0.39 is 0 Å². The molecule has 1 rings (SSSR count). The van der Waals surface area contributed by atoms with Crippen LogP contribution in [0.15, 0.2) is 42.6 Å². The third-order valence-electron chi connectivity index (χ3n) is 2.64. The van der Waals surface area contributed by atoms with E-state index in [2.05, 4.69) is 19.3 Å². The van der Waals surface area contributed by atoms with Crippen LogP contribution in [0.4, 0.5) is 5.69 Å². The topological polar surface area (TPSA) is 32.3 Å². The average Bonchev–Trinajstić information content (AvgIpc) is 2.34. The van der Waals surface area contributed by atoms with Crippen LogP contribution in [0.3, 0.4) is 0 Å². The lowest BCUT2D eigenvalue weighted by molar-refractivity contribution is -0.115. The van der Waals surface area contributed by atoms with Crippen LogP contribution >= 0.6 is 0 Å². The van der Waals surface area contributed by atoms with Crippen molar-refractivity contribution in [2.45, 2.75) is 40.2 Å². The summed E-state index contributed by atoms with van der Waals surface area (Å²) < 4.78 is 0. The van der Waals surface area contributed by atoms with E-state index >= 15 is 0 Å². The zero-order valence-electron chi connectivity index (χ0n) is 12.3. The number of carbonyl (C=O) groups is 1. The summed E-state index contributed by atoms with van der Waals surface area (Å²) in [6, 6.07) is 10.4. The monoisotopic (exact) mass is 260 g/mol. The Morgan fingerprint density at radius 3 is 2.37 bits per heavy atom. The minimum atomic E-state index is 0.152. The highest BCUT2D eigenvalue weighted by atomic mass is 16.1. The van der Waals surface area contributed by atoms with Crippen LogP contribution in [-0.4, -0.2) is 11.8 Å². The molecule has 19 heavy (non-hydrogen) atoms. The molecular weight excluding hydrogens is 236 g/mol. The molecule has 0 saturated carbocycles. The third kappa shape index (κ3) is 5.60. The number of nitrogens with zero attached hydrogens (tertiary/aromatic N) is 1. The van der Waals surface area contributed by atoms with Gasteiger partial charge < -0.3 is 5.43 Å². The fraction of sp³-hybridized carbons (Fsp3) is 0.438. The maximum absolute atomic E-state index is 11.6. The number of hydrogen-bond acceptors (Lipinski definition) is 3.